The number of hydrogen-bond acceptors (Lipinski definition) is 5. The van der Waals surface area contributed by atoms with Gasteiger partial charge in [-0.25, -0.2) is 14.8 Å². The number of rotatable bonds is 7. The van der Waals surface area contributed by atoms with Crippen molar-refractivity contribution in [3.8, 4) is 11.6 Å². The molecule has 31 heavy (non-hydrogen) atoms. The van der Waals surface area contributed by atoms with E-state index in [-0.39, 0.29) is 18.1 Å². The molecule has 0 aliphatic carbocycles. The van der Waals surface area contributed by atoms with Gasteiger partial charge in [-0.2, -0.15) is 0 Å². The Hall–Kier alpha value is -3.09. The van der Waals surface area contributed by atoms with Gasteiger partial charge in [-0.1, -0.05) is 44.1 Å². The number of aromatic nitrogens is 2. The predicted octanol–water partition coefficient (Wildman–Crippen LogP) is 5.01. The zero-order valence-corrected chi connectivity index (χ0v) is 18.8. The number of nitrogens with one attached hydrogen (secondary N) is 1. The first-order chi connectivity index (χ1) is 15.0. The molecule has 3 rings (SSSR count). The molecule has 0 saturated carbocycles. The number of ether oxygens (including phenoxy) is 2. The fraction of sp³-hybridized carbons (Fsp3) is 0.458. The summed E-state index contributed by atoms with van der Waals surface area (Å²) in [7, 11) is 1.53. The maximum atomic E-state index is 12.6. The Balaban J connectivity index is 1.59. The lowest BCUT2D eigenvalue weighted by atomic mass is 9.91. The van der Waals surface area contributed by atoms with E-state index in [1.54, 1.807) is 0 Å². The van der Waals surface area contributed by atoms with Gasteiger partial charge in [0.15, 0.2) is 5.82 Å². The highest BCUT2D eigenvalue weighted by Gasteiger charge is 2.24. The summed E-state index contributed by atoms with van der Waals surface area (Å²) in [5.74, 6) is 1.99. The minimum atomic E-state index is -0.161. The smallest absolute Gasteiger partial charge is 0.323 e. The van der Waals surface area contributed by atoms with Crippen LogP contribution in [-0.2, 0) is 0 Å². The average molecular weight is 425 g/mol. The van der Waals surface area contributed by atoms with Gasteiger partial charge in [0.2, 0.25) is 5.88 Å². The SMILES string of the molecule is CCCC(C)Oc1cccc(C=C2CCN(C(=O)Nc3cnc(OC)cn3)CC2C)c1. The van der Waals surface area contributed by atoms with Gasteiger partial charge in [0, 0.05) is 13.1 Å². The van der Waals surface area contributed by atoms with E-state index in [4.69, 9.17) is 9.47 Å². The Bertz CT molecular complexity index is 898. The molecular formula is C24H32N4O3. The quantitative estimate of drug-likeness (QED) is 0.676. The summed E-state index contributed by atoms with van der Waals surface area (Å²) in [6.45, 7) is 7.75. The van der Waals surface area contributed by atoms with Gasteiger partial charge in [0.1, 0.15) is 5.75 Å². The topological polar surface area (TPSA) is 76.6 Å². The molecule has 1 N–H and O–H groups in total. The van der Waals surface area contributed by atoms with Gasteiger partial charge in [-0.05, 0) is 43.4 Å². The highest BCUT2D eigenvalue weighted by atomic mass is 16.5. The molecule has 1 aliphatic heterocycles. The number of carbonyl (C=O) groups excluding carboxylic acids is 1. The largest absolute Gasteiger partial charge is 0.491 e. The van der Waals surface area contributed by atoms with Crippen molar-refractivity contribution in [2.75, 3.05) is 25.5 Å². The molecule has 2 heterocycles. The minimum Gasteiger partial charge on any atom is -0.491 e. The molecule has 1 aliphatic rings. The number of benzene rings is 1. The Morgan fingerprint density at radius 1 is 1.35 bits per heavy atom. The fourth-order valence-electron chi connectivity index (χ4n) is 3.71. The lowest BCUT2D eigenvalue weighted by Crippen LogP contribution is -2.42. The molecule has 2 aromatic rings. The van der Waals surface area contributed by atoms with Gasteiger partial charge in [-0.3, -0.25) is 5.32 Å². The van der Waals surface area contributed by atoms with E-state index in [1.807, 2.05) is 17.0 Å². The van der Waals surface area contributed by atoms with E-state index >= 15 is 0 Å². The first kappa shape index (κ1) is 22.6. The van der Waals surface area contributed by atoms with Crippen molar-refractivity contribution < 1.29 is 14.3 Å². The van der Waals surface area contributed by atoms with Gasteiger partial charge < -0.3 is 14.4 Å². The summed E-state index contributed by atoms with van der Waals surface area (Å²) >= 11 is 0. The average Bonchev–Trinajstić information content (AvgIpc) is 2.76. The molecule has 1 saturated heterocycles. The lowest BCUT2D eigenvalue weighted by molar-refractivity contribution is 0.197. The predicted molar refractivity (Wildman–Crippen MR) is 122 cm³/mol. The number of urea groups is 1. The molecule has 0 bridgehead atoms. The summed E-state index contributed by atoms with van der Waals surface area (Å²) in [5, 5.41) is 2.81. The molecule has 0 radical (unpaired) electrons. The molecule has 0 spiro atoms. The standard InChI is InChI=1S/C24H32N4O3/c1-5-7-18(3)31-21-9-6-8-19(13-21)12-20-10-11-28(16-17(20)2)24(29)27-22-14-26-23(30-4)15-25-22/h6,8-9,12-15,17-18H,5,7,10-11,16H2,1-4H3,(H,25,27,29). The summed E-state index contributed by atoms with van der Waals surface area (Å²) in [6, 6.07) is 8.06. The minimum absolute atomic E-state index is 0.161. The second kappa shape index (κ2) is 10.8. The van der Waals surface area contributed by atoms with E-state index in [2.05, 4.69) is 54.3 Å². The number of amides is 2. The second-order valence-electron chi connectivity index (χ2n) is 7.98. The molecule has 1 fully saturated rings. The van der Waals surface area contributed by atoms with Crippen LogP contribution in [0.25, 0.3) is 6.08 Å². The number of methoxy groups -OCH3 is 1. The van der Waals surface area contributed by atoms with Crippen molar-refractivity contribution in [3.63, 3.8) is 0 Å². The number of hydrogen-bond donors (Lipinski definition) is 1. The van der Waals surface area contributed by atoms with E-state index in [0.29, 0.717) is 24.8 Å². The van der Waals surface area contributed by atoms with Gasteiger partial charge >= 0.3 is 6.03 Å². The van der Waals surface area contributed by atoms with Crippen LogP contribution in [0.5, 0.6) is 11.6 Å². The van der Waals surface area contributed by atoms with Gasteiger partial charge in [0.25, 0.3) is 0 Å². The lowest BCUT2D eigenvalue weighted by Gasteiger charge is -2.33. The van der Waals surface area contributed by atoms with E-state index in [9.17, 15) is 4.79 Å². The van der Waals surface area contributed by atoms with Crippen LogP contribution in [-0.4, -0.2) is 47.2 Å². The molecule has 166 valence electrons. The van der Waals surface area contributed by atoms with Crippen LogP contribution in [0.2, 0.25) is 0 Å². The number of nitrogens with zero attached hydrogens (tertiary/aromatic N) is 3. The molecule has 1 aromatic heterocycles. The number of carbonyl (C=O) groups is 1. The maximum absolute atomic E-state index is 12.6. The highest BCUT2D eigenvalue weighted by Crippen LogP contribution is 2.27. The Morgan fingerprint density at radius 3 is 2.87 bits per heavy atom. The van der Waals surface area contributed by atoms with Crippen molar-refractivity contribution in [3.05, 3.63) is 47.8 Å². The molecule has 1 aromatic carbocycles. The summed E-state index contributed by atoms with van der Waals surface area (Å²) in [4.78, 5) is 22.6. The highest BCUT2D eigenvalue weighted by molar-refractivity contribution is 5.88. The monoisotopic (exact) mass is 424 g/mol. The van der Waals surface area contributed by atoms with Crippen molar-refractivity contribution in [1.82, 2.24) is 14.9 Å². The number of piperidine rings is 1. The summed E-state index contributed by atoms with van der Waals surface area (Å²) in [6.07, 6.45) is 8.40. The molecule has 2 amide bonds. The van der Waals surface area contributed by atoms with Crippen LogP contribution in [0, 0.1) is 5.92 Å². The summed E-state index contributed by atoms with van der Waals surface area (Å²) < 4.78 is 11.0. The van der Waals surface area contributed by atoms with Crippen LogP contribution in [0.15, 0.2) is 42.2 Å². The van der Waals surface area contributed by atoms with Crippen LogP contribution >= 0.6 is 0 Å². The van der Waals surface area contributed by atoms with Crippen molar-refractivity contribution in [2.24, 2.45) is 5.92 Å². The first-order valence-corrected chi connectivity index (χ1v) is 10.9. The maximum Gasteiger partial charge on any atom is 0.323 e. The van der Waals surface area contributed by atoms with E-state index in [0.717, 1.165) is 30.6 Å². The van der Waals surface area contributed by atoms with Crippen LogP contribution in [0.3, 0.4) is 0 Å². The summed E-state index contributed by atoms with van der Waals surface area (Å²) in [5.41, 5.74) is 2.47. The second-order valence-corrected chi connectivity index (χ2v) is 7.98. The Kier molecular flexibility index (Phi) is 7.87. The molecular weight excluding hydrogens is 392 g/mol. The zero-order chi connectivity index (χ0) is 22.2. The van der Waals surface area contributed by atoms with Crippen molar-refractivity contribution in [2.45, 2.75) is 46.1 Å². The fourth-order valence-corrected chi connectivity index (χ4v) is 3.71. The van der Waals surface area contributed by atoms with E-state index in [1.165, 1.54) is 25.1 Å². The van der Waals surface area contributed by atoms with Crippen LogP contribution < -0.4 is 14.8 Å². The Morgan fingerprint density at radius 2 is 2.19 bits per heavy atom. The zero-order valence-electron chi connectivity index (χ0n) is 18.8. The van der Waals surface area contributed by atoms with Gasteiger partial charge in [0.05, 0.1) is 25.6 Å². The number of anilines is 1. The third kappa shape index (κ3) is 6.44. The van der Waals surface area contributed by atoms with E-state index < -0.39 is 0 Å². The molecule has 7 heteroatoms. The van der Waals surface area contributed by atoms with Crippen molar-refractivity contribution >= 4 is 17.9 Å². The first-order valence-electron chi connectivity index (χ1n) is 10.9. The molecule has 7 nitrogen and oxygen atoms in total. The third-order valence-corrected chi connectivity index (χ3v) is 5.40. The third-order valence-electron chi connectivity index (χ3n) is 5.40. The number of likely N-dealkylation sites (tertiary alicyclic amines) is 1. The van der Waals surface area contributed by atoms with Crippen LogP contribution in [0.4, 0.5) is 10.6 Å². The molecule has 2 atom stereocenters. The Labute approximate surface area is 184 Å². The molecule has 2 unspecified atom stereocenters. The normalized spacial score (nSPS) is 18.5. The van der Waals surface area contributed by atoms with Crippen LogP contribution in [0.1, 0.15) is 45.6 Å². The van der Waals surface area contributed by atoms with Gasteiger partial charge in [-0.15, -0.1) is 0 Å². The van der Waals surface area contributed by atoms with Crippen molar-refractivity contribution in [1.29, 1.82) is 0 Å².